The van der Waals surface area contributed by atoms with Gasteiger partial charge in [0.1, 0.15) is 0 Å². The van der Waals surface area contributed by atoms with E-state index in [1.807, 2.05) is 0 Å². The van der Waals surface area contributed by atoms with Crippen molar-refractivity contribution in [3.63, 3.8) is 0 Å². The van der Waals surface area contributed by atoms with Crippen LogP contribution in [0.2, 0.25) is 0 Å². The first kappa shape index (κ1) is 18.9. The zero-order valence-electron chi connectivity index (χ0n) is 15.5. The Morgan fingerprint density at radius 1 is 0.905 bits per heavy atom. The van der Waals surface area contributed by atoms with E-state index in [9.17, 15) is 0 Å². The van der Waals surface area contributed by atoms with E-state index in [1.54, 1.807) is 0 Å². The van der Waals surface area contributed by atoms with Crippen LogP contribution in [0.25, 0.3) is 0 Å². The van der Waals surface area contributed by atoms with E-state index in [0.717, 1.165) is 6.54 Å². The van der Waals surface area contributed by atoms with Gasteiger partial charge in [-0.1, -0.05) is 25.7 Å². The average Bonchev–Trinajstić information content (AvgIpc) is 2.60. The molecule has 0 unspecified atom stereocenters. The van der Waals surface area contributed by atoms with Gasteiger partial charge in [0.25, 0.3) is 0 Å². The number of hydrogen-bond donors (Lipinski definition) is 1. The summed E-state index contributed by atoms with van der Waals surface area (Å²) in [7, 11) is 6.63. The van der Waals surface area contributed by atoms with Crippen molar-refractivity contribution in [2.75, 3.05) is 47.3 Å². The number of likely N-dealkylation sites (N-methyl/N-ethyl adjacent to an activating group) is 2. The van der Waals surface area contributed by atoms with Crippen molar-refractivity contribution in [2.45, 2.75) is 64.8 Å². The third kappa shape index (κ3) is 8.18. The second-order valence-electron chi connectivity index (χ2n) is 8.56. The molecule has 0 radical (unpaired) electrons. The molecule has 1 aliphatic carbocycles. The summed E-state index contributed by atoms with van der Waals surface area (Å²) in [4.78, 5) is 4.83. The fourth-order valence-electron chi connectivity index (χ4n) is 3.34. The third-order valence-electron chi connectivity index (χ3n) is 4.69. The highest BCUT2D eigenvalue weighted by Gasteiger charge is 2.33. The standard InChI is InChI=1S/C18H39N3/c1-17(2,3)19-15-18(11-9-7-8-10-12-18)16-21(6)14-13-20(4)5/h19H,7-16H2,1-6H3. The minimum Gasteiger partial charge on any atom is -0.311 e. The predicted octanol–water partition coefficient (Wildman–Crippen LogP) is 3.21. The van der Waals surface area contributed by atoms with Gasteiger partial charge in [0, 0.05) is 31.7 Å². The lowest BCUT2D eigenvalue weighted by molar-refractivity contribution is 0.130. The Bertz CT molecular complexity index is 273. The lowest BCUT2D eigenvalue weighted by atomic mass is 9.79. The van der Waals surface area contributed by atoms with Crippen LogP contribution in [0.4, 0.5) is 0 Å². The molecule has 1 N–H and O–H groups in total. The van der Waals surface area contributed by atoms with Crippen LogP contribution in [0, 0.1) is 5.41 Å². The van der Waals surface area contributed by atoms with Gasteiger partial charge in [-0.2, -0.15) is 0 Å². The van der Waals surface area contributed by atoms with E-state index in [1.165, 1.54) is 58.2 Å². The summed E-state index contributed by atoms with van der Waals surface area (Å²) in [5, 5.41) is 3.79. The van der Waals surface area contributed by atoms with Crippen LogP contribution in [0.1, 0.15) is 59.3 Å². The van der Waals surface area contributed by atoms with Crippen LogP contribution in [-0.4, -0.2) is 62.7 Å². The van der Waals surface area contributed by atoms with Gasteiger partial charge in [-0.3, -0.25) is 0 Å². The van der Waals surface area contributed by atoms with Crippen molar-refractivity contribution in [3.8, 4) is 0 Å². The molecule has 126 valence electrons. The largest absolute Gasteiger partial charge is 0.311 e. The molecule has 1 saturated carbocycles. The Morgan fingerprint density at radius 3 is 1.95 bits per heavy atom. The maximum Gasteiger partial charge on any atom is 0.0106 e. The molecule has 0 aromatic heterocycles. The topological polar surface area (TPSA) is 18.5 Å². The van der Waals surface area contributed by atoms with Gasteiger partial charge in [0.2, 0.25) is 0 Å². The number of nitrogens with zero attached hydrogens (tertiary/aromatic N) is 2. The zero-order valence-corrected chi connectivity index (χ0v) is 15.5. The fraction of sp³-hybridized carbons (Fsp3) is 1.00. The van der Waals surface area contributed by atoms with Gasteiger partial charge in [0.05, 0.1) is 0 Å². The van der Waals surface area contributed by atoms with Gasteiger partial charge in [-0.05, 0) is 60.2 Å². The quantitative estimate of drug-likeness (QED) is 0.728. The van der Waals surface area contributed by atoms with Crippen molar-refractivity contribution in [3.05, 3.63) is 0 Å². The van der Waals surface area contributed by atoms with E-state index >= 15 is 0 Å². The summed E-state index contributed by atoms with van der Waals surface area (Å²) in [6.07, 6.45) is 8.46. The van der Waals surface area contributed by atoms with Gasteiger partial charge < -0.3 is 15.1 Å². The van der Waals surface area contributed by atoms with Crippen molar-refractivity contribution in [1.29, 1.82) is 0 Å². The van der Waals surface area contributed by atoms with Crippen molar-refractivity contribution >= 4 is 0 Å². The number of rotatable bonds is 7. The fourth-order valence-corrected chi connectivity index (χ4v) is 3.34. The molecule has 0 amide bonds. The molecule has 3 nitrogen and oxygen atoms in total. The zero-order chi connectivity index (χ0) is 15.9. The summed E-state index contributed by atoms with van der Waals surface area (Å²) in [6.45, 7) is 11.6. The Hall–Kier alpha value is -0.120. The molecule has 1 aliphatic rings. The normalized spacial score (nSPS) is 20.0. The van der Waals surface area contributed by atoms with Crippen LogP contribution in [0.15, 0.2) is 0 Å². The van der Waals surface area contributed by atoms with E-state index in [4.69, 9.17) is 0 Å². The highest BCUT2D eigenvalue weighted by atomic mass is 15.2. The Labute approximate surface area is 133 Å². The molecule has 0 spiro atoms. The van der Waals surface area contributed by atoms with Gasteiger partial charge in [0.15, 0.2) is 0 Å². The number of hydrogen-bond acceptors (Lipinski definition) is 3. The summed E-state index contributed by atoms with van der Waals surface area (Å²) in [5.41, 5.74) is 0.701. The molecule has 0 aromatic rings. The molecule has 21 heavy (non-hydrogen) atoms. The van der Waals surface area contributed by atoms with Crippen LogP contribution in [0.5, 0.6) is 0 Å². The maximum atomic E-state index is 3.79. The highest BCUT2D eigenvalue weighted by Crippen LogP contribution is 2.35. The second-order valence-corrected chi connectivity index (χ2v) is 8.56. The van der Waals surface area contributed by atoms with E-state index in [0.29, 0.717) is 5.41 Å². The van der Waals surface area contributed by atoms with Crippen LogP contribution in [0.3, 0.4) is 0 Å². The lowest BCUT2D eigenvalue weighted by Gasteiger charge is -2.39. The molecule has 0 bridgehead atoms. The van der Waals surface area contributed by atoms with Crippen LogP contribution < -0.4 is 5.32 Å². The molecule has 3 heteroatoms. The molecule has 0 heterocycles. The van der Waals surface area contributed by atoms with Crippen molar-refractivity contribution in [2.24, 2.45) is 5.41 Å². The summed E-state index contributed by atoms with van der Waals surface area (Å²) < 4.78 is 0. The second kappa shape index (κ2) is 8.50. The smallest absolute Gasteiger partial charge is 0.0106 e. The summed E-state index contributed by atoms with van der Waals surface area (Å²) >= 11 is 0. The molecule has 0 saturated heterocycles. The highest BCUT2D eigenvalue weighted by molar-refractivity contribution is 4.88. The predicted molar refractivity (Wildman–Crippen MR) is 93.9 cm³/mol. The first-order valence-electron chi connectivity index (χ1n) is 8.81. The minimum atomic E-state index is 0.224. The summed E-state index contributed by atoms with van der Waals surface area (Å²) in [5.74, 6) is 0. The molecule has 0 aromatic carbocycles. The Balaban J connectivity index is 2.62. The number of nitrogens with one attached hydrogen (secondary N) is 1. The Morgan fingerprint density at radius 2 is 1.48 bits per heavy atom. The van der Waals surface area contributed by atoms with Crippen molar-refractivity contribution < 1.29 is 0 Å². The monoisotopic (exact) mass is 297 g/mol. The van der Waals surface area contributed by atoms with Crippen LogP contribution in [-0.2, 0) is 0 Å². The van der Waals surface area contributed by atoms with E-state index < -0.39 is 0 Å². The lowest BCUT2D eigenvalue weighted by Crippen LogP contribution is -2.48. The van der Waals surface area contributed by atoms with Gasteiger partial charge >= 0.3 is 0 Å². The minimum absolute atomic E-state index is 0.224. The molecule has 1 rings (SSSR count). The van der Waals surface area contributed by atoms with Crippen molar-refractivity contribution in [1.82, 2.24) is 15.1 Å². The first-order chi connectivity index (χ1) is 9.72. The van der Waals surface area contributed by atoms with Crippen LogP contribution >= 0.6 is 0 Å². The first-order valence-corrected chi connectivity index (χ1v) is 8.81. The summed E-state index contributed by atoms with van der Waals surface area (Å²) in [6, 6.07) is 0. The average molecular weight is 298 g/mol. The molecule has 0 aliphatic heterocycles. The van der Waals surface area contributed by atoms with E-state index in [2.05, 4.69) is 57.0 Å². The maximum absolute atomic E-state index is 3.79. The van der Waals surface area contributed by atoms with Gasteiger partial charge in [-0.25, -0.2) is 0 Å². The molecular weight excluding hydrogens is 258 g/mol. The molecule has 1 fully saturated rings. The SMILES string of the molecule is CN(C)CCN(C)CC1(CNC(C)(C)C)CCCCCC1. The molecular formula is C18H39N3. The van der Waals surface area contributed by atoms with Gasteiger partial charge in [-0.15, -0.1) is 0 Å². The van der Waals surface area contributed by atoms with E-state index in [-0.39, 0.29) is 5.54 Å². The molecule has 0 atom stereocenters. The third-order valence-corrected chi connectivity index (χ3v) is 4.69. The Kier molecular flexibility index (Phi) is 7.66.